The van der Waals surface area contributed by atoms with E-state index in [0.29, 0.717) is 0 Å². The van der Waals surface area contributed by atoms with Crippen molar-refractivity contribution in [2.24, 2.45) is 5.73 Å². The maximum atomic E-state index is 11.1. The van der Waals surface area contributed by atoms with Gasteiger partial charge >= 0.3 is 0 Å². The van der Waals surface area contributed by atoms with Crippen molar-refractivity contribution in [3.8, 4) is 0 Å². The van der Waals surface area contributed by atoms with Crippen molar-refractivity contribution in [2.75, 3.05) is 13.1 Å². The van der Waals surface area contributed by atoms with E-state index < -0.39 is 0 Å². The van der Waals surface area contributed by atoms with Crippen LogP contribution in [-0.2, 0) is 17.9 Å². The third-order valence-corrected chi connectivity index (χ3v) is 4.02. The van der Waals surface area contributed by atoms with E-state index in [0.717, 1.165) is 17.4 Å². The van der Waals surface area contributed by atoms with Gasteiger partial charge < -0.3 is 10.3 Å². The van der Waals surface area contributed by atoms with E-state index in [1.54, 1.807) is 0 Å². The quantitative estimate of drug-likeness (QED) is 0.926. The number of fused-ring (bicyclic) bond motifs is 1. The molecule has 4 heteroatoms. The van der Waals surface area contributed by atoms with Gasteiger partial charge in [0.05, 0.1) is 0 Å². The molecule has 3 rings (SSSR count). The molecule has 106 valence electrons. The van der Waals surface area contributed by atoms with Gasteiger partial charge in [-0.25, -0.2) is 0 Å². The van der Waals surface area contributed by atoms with E-state index >= 15 is 0 Å². The highest BCUT2D eigenvalue weighted by molar-refractivity contribution is 5.83. The smallest absolute Gasteiger partial charge is 0.237 e. The minimum Gasteiger partial charge on any atom is -0.368 e. The number of aromatic nitrogens is 1. The molecule has 0 atom stereocenters. The molecular weight excluding hydrogens is 250 g/mol. The number of primary amides is 1. The van der Waals surface area contributed by atoms with Gasteiger partial charge in [0.2, 0.25) is 5.91 Å². The lowest BCUT2D eigenvalue weighted by atomic mass is 10.1. The summed E-state index contributed by atoms with van der Waals surface area (Å²) in [6, 6.07) is 8.54. The molecule has 1 saturated heterocycles. The van der Waals surface area contributed by atoms with Gasteiger partial charge in [0.25, 0.3) is 0 Å². The van der Waals surface area contributed by atoms with Gasteiger partial charge in [0.1, 0.15) is 6.54 Å². The monoisotopic (exact) mass is 271 g/mol. The number of hydrogen-bond acceptors (Lipinski definition) is 2. The second-order valence-electron chi connectivity index (χ2n) is 5.64. The molecule has 0 radical (unpaired) electrons. The molecule has 1 aliphatic heterocycles. The lowest BCUT2D eigenvalue weighted by Gasteiger charge is -2.26. The fourth-order valence-electron chi connectivity index (χ4n) is 3.01. The van der Waals surface area contributed by atoms with Crippen LogP contribution < -0.4 is 5.73 Å². The lowest BCUT2D eigenvalue weighted by Crippen LogP contribution is -2.29. The van der Waals surface area contributed by atoms with Gasteiger partial charge in [-0.1, -0.05) is 18.6 Å². The van der Waals surface area contributed by atoms with Crippen LogP contribution in [0.15, 0.2) is 30.5 Å². The summed E-state index contributed by atoms with van der Waals surface area (Å²) < 4.78 is 1.93. The molecule has 0 aliphatic carbocycles. The Kier molecular flexibility index (Phi) is 3.74. The number of rotatable bonds is 4. The van der Waals surface area contributed by atoms with E-state index in [-0.39, 0.29) is 12.5 Å². The number of carbonyl (C=O) groups excluding carboxylic acids is 1. The standard InChI is InChI=1S/C16H21N3O/c17-16(20)12-19-9-6-14-5-4-13(10-15(14)19)11-18-7-2-1-3-8-18/h4-6,9-10H,1-3,7-8,11-12H2,(H2,17,20). The zero-order valence-electron chi connectivity index (χ0n) is 11.7. The van der Waals surface area contributed by atoms with Crippen LogP contribution in [0.25, 0.3) is 10.9 Å². The maximum absolute atomic E-state index is 11.1. The first-order valence-electron chi connectivity index (χ1n) is 7.31. The van der Waals surface area contributed by atoms with Crippen LogP contribution in [0.3, 0.4) is 0 Å². The predicted molar refractivity (Wildman–Crippen MR) is 80.3 cm³/mol. The first kappa shape index (κ1) is 13.2. The molecule has 2 aromatic rings. The van der Waals surface area contributed by atoms with E-state index in [2.05, 4.69) is 23.1 Å². The highest BCUT2D eigenvalue weighted by atomic mass is 16.1. The SMILES string of the molecule is NC(=O)Cn1ccc2ccc(CN3CCCCC3)cc21. The van der Waals surface area contributed by atoms with Crippen LogP contribution in [0.4, 0.5) is 0 Å². The molecule has 0 spiro atoms. The number of nitrogens with two attached hydrogens (primary N) is 1. The van der Waals surface area contributed by atoms with Crippen LogP contribution in [0.5, 0.6) is 0 Å². The summed E-state index contributed by atoms with van der Waals surface area (Å²) in [5.74, 6) is -0.302. The van der Waals surface area contributed by atoms with Gasteiger partial charge in [0, 0.05) is 18.3 Å². The molecule has 0 unspecified atom stereocenters. The molecule has 4 nitrogen and oxygen atoms in total. The minimum atomic E-state index is -0.302. The molecular formula is C16H21N3O. The zero-order chi connectivity index (χ0) is 13.9. The number of hydrogen-bond donors (Lipinski definition) is 1. The average molecular weight is 271 g/mol. The van der Waals surface area contributed by atoms with Crippen molar-refractivity contribution in [1.29, 1.82) is 0 Å². The average Bonchev–Trinajstić information content (AvgIpc) is 2.82. The van der Waals surface area contributed by atoms with Crippen molar-refractivity contribution in [1.82, 2.24) is 9.47 Å². The summed E-state index contributed by atoms with van der Waals surface area (Å²) in [6.45, 7) is 3.63. The Hall–Kier alpha value is -1.81. The van der Waals surface area contributed by atoms with Crippen LogP contribution >= 0.6 is 0 Å². The fraction of sp³-hybridized carbons (Fsp3) is 0.438. The van der Waals surface area contributed by atoms with Gasteiger partial charge in [0.15, 0.2) is 0 Å². The summed E-state index contributed by atoms with van der Waals surface area (Å²) in [4.78, 5) is 13.6. The third kappa shape index (κ3) is 2.85. The van der Waals surface area contributed by atoms with Gasteiger partial charge in [-0.05, 0) is 49.0 Å². The molecule has 2 N–H and O–H groups in total. The number of likely N-dealkylation sites (tertiary alicyclic amines) is 1. The first-order valence-corrected chi connectivity index (χ1v) is 7.31. The van der Waals surface area contributed by atoms with Crippen molar-refractivity contribution >= 4 is 16.8 Å². The summed E-state index contributed by atoms with van der Waals surface area (Å²) in [6.07, 6.45) is 5.90. The highest BCUT2D eigenvalue weighted by Gasteiger charge is 2.11. The Bertz CT molecular complexity index is 611. The maximum Gasteiger partial charge on any atom is 0.237 e. The fourth-order valence-corrected chi connectivity index (χ4v) is 3.01. The Balaban J connectivity index is 1.82. The number of benzene rings is 1. The molecule has 1 amide bonds. The van der Waals surface area contributed by atoms with Crippen LogP contribution in [0.2, 0.25) is 0 Å². The number of carbonyl (C=O) groups is 1. The van der Waals surface area contributed by atoms with Crippen molar-refractivity contribution in [3.05, 3.63) is 36.0 Å². The number of piperidine rings is 1. The van der Waals surface area contributed by atoms with E-state index in [1.165, 1.54) is 37.9 Å². The van der Waals surface area contributed by atoms with Crippen LogP contribution in [0.1, 0.15) is 24.8 Å². The molecule has 2 heterocycles. The van der Waals surface area contributed by atoms with Gasteiger partial charge in [-0.3, -0.25) is 9.69 Å². The van der Waals surface area contributed by atoms with Crippen molar-refractivity contribution < 1.29 is 4.79 Å². The summed E-state index contributed by atoms with van der Waals surface area (Å²) in [7, 11) is 0. The molecule has 1 aromatic heterocycles. The highest BCUT2D eigenvalue weighted by Crippen LogP contribution is 2.20. The topological polar surface area (TPSA) is 51.3 Å². The first-order chi connectivity index (χ1) is 9.72. The van der Waals surface area contributed by atoms with Crippen LogP contribution in [0, 0.1) is 0 Å². The molecule has 1 fully saturated rings. The van der Waals surface area contributed by atoms with Crippen LogP contribution in [-0.4, -0.2) is 28.5 Å². The Morgan fingerprint density at radius 3 is 2.70 bits per heavy atom. The second kappa shape index (κ2) is 5.67. The molecule has 0 saturated carbocycles. The molecule has 1 aliphatic rings. The molecule has 1 aromatic carbocycles. The molecule has 20 heavy (non-hydrogen) atoms. The Morgan fingerprint density at radius 2 is 1.95 bits per heavy atom. The third-order valence-electron chi connectivity index (χ3n) is 4.02. The lowest BCUT2D eigenvalue weighted by molar-refractivity contribution is -0.118. The van der Waals surface area contributed by atoms with Crippen molar-refractivity contribution in [3.63, 3.8) is 0 Å². The number of amides is 1. The largest absolute Gasteiger partial charge is 0.368 e. The summed E-state index contributed by atoms with van der Waals surface area (Å²) >= 11 is 0. The Morgan fingerprint density at radius 1 is 1.15 bits per heavy atom. The molecule has 0 bridgehead atoms. The second-order valence-corrected chi connectivity index (χ2v) is 5.64. The zero-order valence-corrected chi connectivity index (χ0v) is 11.7. The summed E-state index contributed by atoms with van der Waals surface area (Å²) in [5.41, 5.74) is 7.70. The number of nitrogens with zero attached hydrogens (tertiary/aromatic N) is 2. The Labute approximate surface area is 119 Å². The minimum absolute atomic E-state index is 0.247. The van der Waals surface area contributed by atoms with E-state index in [4.69, 9.17) is 5.73 Å². The predicted octanol–water partition coefficient (Wildman–Crippen LogP) is 2.11. The van der Waals surface area contributed by atoms with Crippen molar-refractivity contribution in [2.45, 2.75) is 32.4 Å². The van der Waals surface area contributed by atoms with E-state index in [9.17, 15) is 4.79 Å². The van der Waals surface area contributed by atoms with Gasteiger partial charge in [-0.15, -0.1) is 0 Å². The normalized spacial score (nSPS) is 16.6. The van der Waals surface area contributed by atoms with Gasteiger partial charge in [-0.2, -0.15) is 0 Å². The summed E-state index contributed by atoms with van der Waals surface area (Å²) in [5, 5.41) is 1.16. The van der Waals surface area contributed by atoms with E-state index in [1.807, 2.05) is 16.8 Å².